The summed E-state index contributed by atoms with van der Waals surface area (Å²) in [4.78, 5) is 41.0. The molecule has 7 heterocycles. The highest BCUT2D eigenvalue weighted by atomic mass is 15.1. The zero-order valence-corrected chi connectivity index (χ0v) is 56.6. The summed E-state index contributed by atoms with van der Waals surface area (Å²) in [5.74, 6) is 3.44. The van der Waals surface area contributed by atoms with Gasteiger partial charge in [0.25, 0.3) is 0 Å². The summed E-state index contributed by atoms with van der Waals surface area (Å²) >= 11 is 0. The van der Waals surface area contributed by atoms with Crippen molar-refractivity contribution in [3.63, 3.8) is 0 Å². The number of fused-ring (bicyclic) bond motifs is 9. The lowest BCUT2D eigenvalue weighted by Crippen LogP contribution is -2.11. The molecule has 0 saturated carbocycles. The summed E-state index contributed by atoms with van der Waals surface area (Å²) in [7, 11) is 0. The molecule has 11 heteroatoms. The van der Waals surface area contributed by atoms with Crippen LogP contribution in [-0.2, 0) is 5.41 Å². The highest BCUT2D eigenvalue weighted by molar-refractivity contribution is 6.14. The minimum Gasteiger partial charge on any atom is -0.309 e. The summed E-state index contributed by atoms with van der Waals surface area (Å²) in [6.07, 6.45) is 7.49. The van der Waals surface area contributed by atoms with Gasteiger partial charge in [-0.25, -0.2) is 29.9 Å². The van der Waals surface area contributed by atoms with Gasteiger partial charge in [-0.3, -0.25) is 9.97 Å². The van der Waals surface area contributed by atoms with Gasteiger partial charge in [-0.2, -0.15) is 0 Å². The lowest BCUT2D eigenvalue weighted by molar-refractivity contribution is 0.591. The van der Waals surface area contributed by atoms with Gasteiger partial charge in [0.15, 0.2) is 34.9 Å². The first-order valence-corrected chi connectivity index (χ1v) is 34.7. The van der Waals surface area contributed by atoms with E-state index in [2.05, 4.69) is 251 Å². The third-order valence-electron chi connectivity index (χ3n) is 19.9. The molecule has 103 heavy (non-hydrogen) atoms. The molecule has 0 aliphatic heterocycles. The van der Waals surface area contributed by atoms with Crippen molar-refractivity contribution in [2.75, 3.05) is 0 Å². The molecule has 0 atom stereocenters. The van der Waals surface area contributed by atoms with Crippen LogP contribution in [-0.4, -0.2) is 53.6 Å². The average Bonchev–Trinajstić information content (AvgIpc) is 1.62. The Morgan fingerprint density at radius 3 is 1.10 bits per heavy atom. The predicted octanol–water partition coefficient (Wildman–Crippen LogP) is 22.4. The number of para-hydroxylation sites is 3. The van der Waals surface area contributed by atoms with Crippen LogP contribution in [0.1, 0.15) is 26.3 Å². The van der Waals surface area contributed by atoms with E-state index in [0.717, 1.165) is 144 Å². The molecule has 0 bridgehead atoms. The molecule has 12 aromatic carbocycles. The van der Waals surface area contributed by atoms with Crippen molar-refractivity contribution >= 4 is 65.4 Å². The van der Waals surface area contributed by atoms with Gasteiger partial charge in [0.1, 0.15) is 0 Å². The highest BCUT2D eigenvalue weighted by Crippen LogP contribution is 2.47. The molecule has 0 N–H and O–H groups in total. The molecule has 0 aliphatic rings. The van der Waals surface area contributed by atoms with E-state index in [-0.39, 0.29) is 5.41 Å². The third kappa shape index (κ3) is 10.6. The summed E-state index contributed by atoms with van der Waals surface area (Å²) in [5.41, 5.74) is 21.7. The summed E-state index contributed by atoms with van der Waals surface area (Å²) in [6, 6.07) is 107. The van der Waals surface area contributed by atoms with Crippen molar-refractivity contribution < 1.29 is 0 Å². The monoisotopic (exact) mass is 1320 g/mol. The van der Waals surface area contributed by atoms with Crippen molar-refractivity contribution in [3.8, 4) is 119 Å². The van der Waals surface area contributed by atoms with E-state index in [4.69, 9.17) is 29.9 Å². The van der Waals surface area contributed by atoms with E-state index in [1.807, 2.05) is 122 Å². The van der Waals surface area contributed by atoms with Crippen molar-refractivity contribution in [1.82, 2.24) is 53.6 Å². The third-order valence-corrected chi connectivity index (χ3v) is 19.9. The molecule has 486 valence electrons. The SMILES string of the molecule is CC(C)(C)c1ccc2c3ccccc3n(-c3cc(-c4nc(-c5ccccc5)nc(-c5ccccc5)n4)c(-c4ccc5c6ccccc6n(-c6ccc7c8ccccc8n(-c8cc(-c9nc(-c%10ccccc%10)nc(-c%10ccccc%10)n9)ccc8-c8ccncc8)c7c6)c5c4)cc3-c3ccncc3)c2c1. The molecule has 0 radical (unpaired) electrons. The van der Waals surface area contributed by atoms with Crippen molar-refractivity contribution in [1.29, 1.82) is 0 Å². The molecule has 0 saturated heterocycles. The summed E-state index contributed by atoms with van der Waals surface area (Å²) in [5, 5.41) is 6.81. The molecule has 19 rings (SSSR count). The van der Waals surface area contributed by atoms with E-state index in [1.54, 1.807) is 0 Å². The maximum atomic E-state index is 5.54. The molecule has 19 aromatic rings. The second-order valence-corrected chi connectivity index (χ2v) is 27.2. The predicted molar refractivity (Wildman–Crippen MR) is 419 cm³/mol. The van der Waals surface area contributed by atoms with Gasteiger partial charge < -0.3 is 13.7 Å². The first-order valence-electron chi connectivity index (χ1n) is 34.7. The lowest BCUT2D eigenvalue weighted by atomic mass is 9.86. The molecule has 0 spiro atoms. The molecule has 0 amide bonds. The maximum absolute atomic E-state index is 5.54. The van der Waals surface area contributed by atoms with Gasteiger partial charge in [0.05, 0.1) is 44.5 Å². The lowest BCUT2D eigenvalue weighted by Gasteiger charge is -2.21. The van der Waals surface area contributed by atoms with Crippen LogP contribution >= 0.6 is 0 Å². The fourth-order valence-electron chi connectivity index (χ4n) is 14.9. The molecular weight excluding hydrogens is 1260 g/mol. The van der Waals surface area contributed by atoms with Crippen molar-refractivity contribution in [2.45, 2.75) is 26.2 Å². The number of hydrogen-bond acceptors (Lipinski definition) is 8. The topological polar surface area (TPSA) is 118 Å². The summed E-state index contributed by atoms with van der Waals surface area (Å²) in [6.45, 7) is 6.84. The minimum atomic E-state index is -0.120. The number of rotatable bonds is 12. The van der Waals surface area contributed by atoms with Crippen LogP contribution in [0.3, 0.4) is 0 Å². The Morgan fingerprint density at radius 1 is 0.223 bits per heavy atom. The zero-order valence-electron chi connectivity index (χ0n) is 56.6. The van der Waals surface area contributed by atoms with E-state index in [9.17, 15) is 0 Å². The van der Waals surface area contributed by atoms with Crippen LogP contribution in [0, 0.1) is 0 Å². The van der Waals surface area contributed by atoms with Crippen molar-refractivity contribution in [3.05, 3.63) is 334 Å². The number of nitrogens with zero attached hydrogens (tertiary/aromatic N) is 11. The second kappa shape index (κ2) is 24.7. The molecular formula is C92H63N11. The van der Waals surface area contributed by atoms with E-state index in [1.165, 1.54) is 10.9 Å². The van der Waals surface area contributed by atoms with Crippen LogP contribution < -0.4 is 0 Å². The first-order chi connectivity index (χ1) is 50.7. The zero-order chi connectivity index (χ0) is 68.7. The quantitative estimate of drug-likeness (QED) is 0.119. The number of benzene rings is 12. The number of hydrogen-bond donors (Lipinski definition) is 0. The van der Waals surface area contributed by atoms with Gasteiger partial charge >= 0.3 is 0 Å². The Kier molecular flexibility index (Phi) is 14.5. The number of aromatic nitrogens is 11. The molecule has 0 aliphatic carbocycles. The summed E-state index contributed by atoms with van der Waals surface area (Å²) < 4.78 is 7.30. The van der Waals surface area contributed by atoms with Crippen LogP contribution in [0.2, 0.25) is 0 Å². The largest absolute Gasteiger partial charge is 0.309 e. The molecule has 11 nitrogen and oxygen atoms in total. The standard InChI is InChI=1S/C92H63N11/c1-92(2,3)66-38-42-73-70-31-17-21-35-80(70)103(83(73)54-66)85-57-77(91-99-88(62-26-12-6-13-27-62)96-89(100-91)63-28-14-7-15-29-63)75(56-76(85)59-46-50-94-51-47-59)64-36-41-72-69-30-16-19-33-78(69)101(82(72)52-64)67-39-43-74-71-32-18-20-34-79(71)102(84(74)55-67)81-53-65(37-40-68(81)58-44-48-93-49-45-58)90-97-86(60-22-8-4-9-23-60)95-87(98-90)61-24-10-5-11-25-61/h4-57H,1-3H3. The molecule has 0 unspecified atom stereocenters. The van der Waals surface area contributed by atoms with Gasteiger partial charge in [0.2, 0.25) is 0 Å². The van der Waals surface area contributed by atoms with Crippen LogP contribution in [0.25, 0.3) is 184 Å². The smallest absolute Gasteiger partial charge is 0.164 e. The van der Waals surface area contributed by atoms with Gasteiger partial charge in [-0.15, -0.1) is 0 Å². The fraction of sp³-hybridized carbons (Fsp3) is 0.0435. The Hall–Kier alpha value is -13.6. The van der Waals surface area contributed by atoms with Gasteiger partial charge in [-0.1, -0.05) is 239 Å². The van der Waals surface area contributed by atoms with Gasteiger partial charge in [0, 0.05) is 107 Å². The Bertz CT molecular complexity index is 6390. The second-order valence-electron chi connectivity index (χ2n) is 27.2. The maximum Gasteiger partial charge on any atom is 0.164 e. The Morgan fingerprint density at radius 2 is 0.602 bits per heavy atom. The minimum absolute atomic E-state index is 0.120. The van der Waals surface area contributed by atoms with Gasteiger partial charge in [-0.05, 0) is 118 Å². The Balaban J connectivity index is 0.867. The van der Waals surface area contributed by atoms with Crippen molar-refractivity contribution in [2.24, 2.45) is 0 Å². The molecule has 7 aromatic heterocycles. The van der Waals surface area contributed by atoms with Crippen LogP contribution in [0.5, 0.6) is 0 Å². The normalized spacial score (nSPS) is 11.8. The first kappa shape index (κ1) is 60.5. The van der Waals surface area contributed by atoms with E-state index >= 15 is 0 Å². The fourth-order valence-corrected chi connectivity index (χ4v) is 14.9. The van der Waals surface area contributed by atoms with E-state index in [0.29, 0.717) is 34.9 Å². The number of pyridine rings is 2. The van der Waals surface area contributed by atoms with Crippen LogP contribution in [0.4, 0.5) is 0 Å². The highest BCUT2D eigenvalue weighted by Gasteiger charge is 2.27. The average molecular weight is 1320 g/mol. The molecule has 0 fully saturated rings. The Labute approximate surface area is 594 Å². The van der Waals surface area contributed by atoms with Crippen LogP contribution in [0.15, 0.2) is 328 Å². The van der Waals surface area contributed by atoms with E-state index < -0.39 is 0 Å².